The van der Waals surface area contributed by atoms with Crippen molar-refractivity contribution in [2.75, 3.05) is 50.7 Å². The molecule has 2 aliphatic heterocycles. The molecule has 0 radical (unpaired) electrons. The van der Waals surface area contributed by atoms with Gasteiger partial charge < -0.3 is 9.80 Å². The van der Waals surface area contributed by atoms with Gasteiger partial charge in [-0.2, -0.15) is 0 Å². The Labute approximate surface area is 142 Å². The number of nitrogens with one attached hydrogen (secondary N) is 1. The van der Waals surface area contributed by atoms with Crippen LogP contribution in [0.1, 0.15) is 25.5 Å². The third-order valence-electron chi connectivity index (χ3n) is 4.90. The highest BCUT2D eigenvalue weighted by Crippen LogP contribution is 2.16. The fourth-order valence-corrected chi connectivity index (χ4v) is 3.54. The zero-order chi connectivity index (χ0) is 17.1. The van der Waals surface area contributed by atoms with E-state index >= 15 is 0 Å². The number of piperazine rings is 1. The normalized spacial score (nSPS) is 22.7. The molecule has 1 amide bonds. The van der Waals surface area contributed by atoms with Crippen LogP contribution in [-0.2, 0) is 4.79 Å². The third-order valence-corrected chi connectivity index (χ3v) is 4.90. The smallest absolute Gasteiger partial charge is 0.252 e. The molecule has 1 N–H and O–H groups in total. The molecule has 1 atom stereocenters. The van der Waals surface area contributed by atoms with E-state index in [2.05, 4.69) is 26.7 Å². The Morgan fingerprint density at radius 2 is 2.04 bits per heavy atom. The molecule has 2 saturated heterocycles. The Kier molecular flexibility index (Phi) is 5.18. The maximum Gasteiger partial charge on any atom is 0.252 e. The van der Waals surface area contributed by atoms with Gasteiger partial charge in [-0.05, 0) is 25.7 Å². The van der Waals surface area contributed by atoms with Crippen molar-refractivity contribution in [1.29, 1.82) is 0 Å². The maximum absolute atomic E-state index is 12.5. The van der Waals surface area contributed by atoms with Crippen molar-refractivity contribution >= 4 is 11.9 Å². The number of H-pyrrole nitrogens is 1. The highest BCUT2D eigenvalue weighted by atomic mass is 16.2. The standard InChI is InChI=1S/C17H27N5O2/c1-13-4-3-5-22(11-13)16(24)12-20-6-8-21(9-7-20)17-18-14(2)10-15(23)19-17/h10,13H,3-9,11-12H2,1-2H3,(H,18,19,23)/t13-/m0/s1. The van der Waals surface area contributed by atoms with Gasteiger partial charge in [-0.3, -0.25) is 19.5 Å². The molecule has 7 nitrogen and oxygen atoms in total. The predicted molar refractivity (Wildman–Crippen MR) is 93.2 cm³/mol. The lowest BCUT2D eigenvalue weighted by Crippen LogP contribution is -2.51. The van der Waals surface area contributed by atoms with Gasteiger partial charge >= 0.3 is 0 Å². The highest BCUT2D eigenvalue weighted by molar-refractivity contribution is 5.78. The zero-order valence-electron chi connectivity index (χ0n) is 14.6. The molecule has 0 unspecified atom stereocenters. The SMILES string of the molecule is Cc1cc(=O)[nH]c(N2CCN(CC(=O)N3CCC[C@H](C)C3)CC2)n1. The molecule has 7 heteroatoms. The van der Waals surface area contributed by atoms with Crippen molar-refractivity contribution in [2.24, 2.45) is 5.92 Å². The number of nitrogens with zero attached hydrogens (tertiary/aromatic N) is 4. The van der Waals surface area contributed by atoms with Crippen molar-refractivity contribution in [3.05, 3.63) is 22.1 Å². The molecule has 0 bridgehead atoms. The van der Waals surface area contributed by atoms with Gasteiger partial charge in [-0.15, -0.1) is 0 Å². The Morgan fingerprint density at radius 1 is 1.29 bits per heavy atom. The summed E-state index contributed by atoms with van der Waals surface area (Å²) in [4.78, 5) is 37.5. The maximum atomic E-state index is 12.5. The minimum absolute atomic E-state index is 0.116. The first-order chi connectivity index (χ1) is 11.5. The number of likely N-dealkylation sites (tertiary alicyclic amines) is 1. The molecule has 3 rings (SSSR count). The molecule has 24 heavy (non-hydrogen) atoms. The van der Waals surface area contributed by atoms with Gasteiger partial charge in [0, 0.05) is 51.0 Å². The molecule has 132 valence electrons. The number of anilines is 1. The lowest BCUT2D eigenvalue weighted by atomic mass is 10.0. The second-order valence-electron chi connectivity index (χ2n) is 7.06. The number of aryl methyl sites for hydroxylation is 1. The van der Waals surface area contributed by atoms with Crippen molar-refractivity contribution < 1.29 is 4.79 Å². The summed E-state index contributed by atoms with van der Waals surface area (Å²) in [6.45, 7) is 9.51. The molecule has 0 saturated carbocycles. The van der Waals surface area contributed by atoms with Crippen LogP contribution >= 0.6 is 0 Å². The minimum Gasteiger partial charge on any atom is -0.341 e. The average Bonchev–Trinajstić information content (AvgIpc) is 2.54. The first-order valence-electron chi connectivity index (χ1n) is 8.84. The predicted octanol–water partition coefficient (Wildman–Crippen LogP) is 0.459. The number of amides is 1. The van der Waals surface area contributed by atoms with E-state index in [1.807, 2.05) is 11.8 Å². The molecule has 3 heterocycles. The first kappa shape index (κ1) is 17.0. The number of carbonyl (C=O) groups excluding carboxylic acids is 1. The summed E-state index contributed by atoms with van der Waals surface area (Å²) >= 11 is 0. The molecular formula is C17H27N5O2. The molecule has 2 aliphatic rings. The summed E-state index contributed by atoms with van der Waals surface area (Å²) in [5, 5.41) is 0. The first-order valence-corrected chi connectivity index (χ1v) is 8.84. The number of rotatable bonds is 3. The largest absolute Gasteiger partial charge is 0.341 e. The van der Waals surface area contributed by atoms with E-state index in [1.165, 1.54) is 12.5 Å². The summed E-state index contributed by atoms with van der Waals surface area (Å²) in [7, 11) is 0. The van der Waals surface area contributed by atoms with Crippen LogP contribution in [0.25, 0.3) is 0 Å². The fourth-order valence-electron chi connectivity index (χ4n) is 3.54. The van der Waals surface area contributed by atoms with Crippen molar-refractivity contribution in [3.8, 4) is 0 Å². The van der Waals surface area contributed by atoms with Crippen LogP contribution in [0.4, 0.5) is 5.95 Å². The van der Waals surface area contributed by atoms with E-state index < -0.39 is 0 Å². The lowest BCUT2D eigenvalue weighted by Gasteiger charge is -2.37. The van der Waals surface area contributed by atoms with Crippen molar-refractivity contribution in [3.63, 3.8) is 0 Å². The summed E-state index contributed by atoms with van der Waals surface area (Å²) in [6.07, 6.45) is 2.34. The second kappa shape index (κ2) is 7.34. The summed E-state index contributed by atoms with van der Waals surface area (Å²) in [6, 6.07) is 1.50. The van der Waals surface area contributed by atoms with Crippen LogP contribution in [0, 0.1) is 12.8 Å². The highest BCUT2D eigenvalue weighted by Gasteiger charge is 2.25. The molecule has 0 aromatic carbocycles. The van der Waals surface area contributed by atoms with E-state index in [1.54, 1.807) is 0 Å². The van der Waals surface area contributed by atoms with Crippen LogP contribution in [-0.4, -0.2) is 71.5 Å². The lowest BCUT2D eigenvalue weighted by molar-refractivity contribution is -0.134. The Morgan fingerprint density at radius 3 is 2.71 bits per heavy atom. The van der Waals surface area contributed by atoms with Gasteiger partial charge in [-0.1, -0.05) is 6.92 Å². The van der Waals surface area contributed by atoms with Crippen molar-refractivity contribution in [1.82, 2.24) is 19.8 Å². The molecule has 1 aromatic rings. The molecule has 0 aliphatic carbocycles. The summed E-state index contributed by atoms with van der Waals surface area (Å²) < 4.78 is 0. The molecule has 0 spiro atoms. The Bertz CT molecular complexity index is 636. The number of hydrogen-bond acceptors (Lipinski definition) is 5. The van der Waals surface area contributed by atoms with Crippen LogP contribution in [0.5, 0.6) is 0 Å². The van der Waals surface area contributed by atoms with Gasteiger partial charge in [-0.25, -0.2) is 4.98 Å². The average molecular weight is 333 g/mol. The van der Waals surface area contributed by atoms with E-state index in [9.17, 15) is 9.59 Å². The number of carbonyl (C=O) groups is 1. The van der Waals surface area contributed by atoms with E-state index in [0.29, 0.717) is 18.4 Å². The minimum atomic E-state index is -0.116. The van der Waals surface area contributed by atoms with Gasteiger partial charge in [0.2, 0.25) is 11.9 Å². The van der Waals surface area contributed by atoms with Gasteiger partial charge in [0.1, 0.15) is 0 Å². The Hall–Kier alpha value is -1.89. The van der Waals surface area contributed by atoms with Crippen LogP contribution in [0.3, 0.4) is 0 Å². The summed E-state index contributed by atoms with van der Waals surface area (Å²) in [5.74, 6) is 1.50. The van der Waals surface area contributed by atoms with Gasteiger partial charge in [0.05, 0.1) is 6.54 Å². The number of piperidine rings is 1. The van der Waals surface area contributed by atoms with Crippen LogP contribution < -0.4 is 10.5 Å². The van der Waals surface area contributed by atoms with Crippen LogP contribution in [0.15, 0.2) is 10.9 Å². The molecule has 1 aromatic heterocycles. The zero-order valence-corrected chi connectivity index (χ0v) is 14.6. The molecule has 2 fully saturated rings. The third kappa shape index (κ3) is 4.14. The quantitative estimate of drug-likeness (QED) is 0.870. The monoisotopic (exact) mass is 333 g/mol. The fraction of sp³-hybridized carbons (Fsp3) is 0.706. The van der Waals surface area contributed by atoms with E-state index in [0.717, 1.165) is 51.4 Å². The van der Waals surface area contributed by atoms with Crippen LogP contribution in [0.2, 0.25) is 0 Å². The van der Waals surface area contributed by atoms with Gasteiger partial charge in [0.15, 0.2) is 0 Å². The molecular weight excluding hydrogens is 306 g/mol. The van der Waals surface area contributed by atoms with E-state index in [-0.39, 0.29) is 11.5 Å². The summed E-state index contributed by atoms with van der Waals surface area (Å²) in [5.41, 5.74) is 0.611. The van der Waals surface area contributed by atoms with Gasteiger partial charge in [0.25, 0.3) is 5.56 Å². The van der Waals surface area contributed by atoms with E-state index in [4.69, 9.17) is 0 Å². The van der Waals surface area contributed by atoms with Crippen molar-refractivity contribution in [2.45, 2.75) is 26.7 Å². The Balaban J connectivity index is 1.51. The number of aromatic nitrogens is 2. The number of hydrogen-bond donors (Lipinski definition) is 1. The number of aromatic amines is 1. The second-order valence-corrected chi connectivity index (χ2v) is 7.06. The topological polar surface area (TPSA) is 72.5 Å².